The zero-order valence-electron chi connectivity index (χ0n) is 22.1. The second-order valence-corrected chi connectivity index (χ2v) is 9.50. The Morgan fingerprint density at radius 1 is 0.605 bits per heavy atom. The van der Waals surface area contributed by atoms with E-state index in [0.717, 1.165) is 43.2 Å². The highest BCUT2D eigenvalue weighted by Gasteiger charge is 2.18. The van der Waals surface area contributed by atoms with Gasteiger partial charge in [-0.15, -0.1) is 0 Å². The zero-order valence-corrected chi connectivity index (χ0v) is 22.1. The van der Waals surface area contributed by atoms with Gasteiger partial charge >= 0.3 is 11.9 Å². The van der Waals surface area contributed by atoms with E-state index >= 15 is 0 Å². The Morgan fingerprint density at radius 2 is 1.21 bits per heavy atom. The van der Waals surface area contributed by atoms with Crippen LogP contribution in [-0.4, -0.2) is 11.9 Å². The summed E-state index contributed by atoms with van der Waals surface area (Å²) in [6.45, 7) is 2.86. The van der Waals surface area contributed by atoms with Crippen LogP contribution in [-0.2, 0) is 28.9 Å². The summed E-state index contributed by atoms with van der Waals surface area (Å²) in [5.74, 6) is 0.725. The molecule has 4 aromatic carbocycles. The Kier molecular flexibility index (Phi) is 9.47. The number of carbonyl (C=O) groups is 2. The maximum atomic E-state index is 11.8. The first-order valence-corrected chi connectivity index (χ1v) is 13.2. The molecule has 0 saturated carbocycles. The standard InChI is InChI=1S/C34H34O4/c1-25(35)37-33-19-10-9-17-29(33)20-22-32(28-15-7-4-8-16-28)30-21-23-34(38-26(2)36)31(24-30)18-11-14-27-12-5-3-6-13-27/h3-10,12-13,15-17,19,21,23-24,32H,11,14,18,20,22H2,1-2H3. The highest BCUT2D eigenvalue weighted by molar-refractivity contribution is 5.70. The van der Waals surface area contributed by atoms with Crippen molar-refractivity contribution in [2.24, 2.45) is 0 Å². The van der Waals surface area contributed by atoms with Gasteiger partial charge in [-0.3, -0.25) is 9.59 Å². The van der Waals surface area contributed by atoms with Gasteiger partial charge in [0.25, 0.3) is 0 Å². The molecule has 4 heteroatoms. The molecule has 0 radical (unpaired) electrons. The van der Waals surface area contributed by atoms with Gasteiger partial charge in [0.2, 0.25) is 0 Å². The lowest BCUT2D eigenvalue weighted by molar-refractivity contribution is -0.132. The topological polar surface area (TPSA) is 52.6 Å². The van der Waals surface area contributed by atoms with Crippen LogP contribution in [0.1, 0.15) is 60.4 Å². The number of hydrogen-bond acceptors (Lipinski definition) is 4. The molecule has 1 atom stereocenters. The summed E-state index contributed by atoms with van der Waals surface area (Å²) in [6, 6.07) is 34.8. The van der Waals surface area contributed by atoms with Crippen molar-refractivity contribution >= 4 is 11.9 Å². The van der Waals surface area contributed by atoms with Gasteiger partial charge in [0.1, 0.15) is 11.5 Å². The number of rotatable bonds is 11. The molecule has 0 aliphatic carbocycles. The SMILES string of the molecule is CC(=O)Oc1ccc(C(CCc2ccccc2OC(C)=O)c2ccccc2)cc1CCCc1ccccc1. The fourth-order valence-electron chi connectivity index (χ4n) is 4.87. The minimum Gasteiger partial charge on any atom is -0.426 e. The zero-order chi connectivity index (χ0) is 26.7. The Hall–Kier alpha value is -4.18. The van der Waals surface area contributed by atoms with E-state index in [-0.39, 0.29) is 17.9 Å². The minimum absolute atomic E-state index is 0.126. The summed E-state index contributed by atoms with van der Waals surface area (Å²) >= 11 is 0. The van der Waals surface area contributed by atoms with Crippen LogP contribution in [0.2, 0.25) is 0 Å². The largest absolute Gasteiger partial charge is 0.426 e. The molecule has 4 aromatic rings. The normalized spacial score (nSPS) is 11.5. The number of aryl methyl sites for hydroxylation is 3. The van der Waals surface area contributed by atoms with Crippen molar-refractivity contribution in [1.82, 2.24) is 0 Å². The van der Waals surface area contributed by atoms with Gasteiger partial charge < -0.3 is 9.47 Å². The van der Waals surface area contributed by atoms with Crippen LogP contribution in [0, 0.1) is 0 Å². The first-order chi connectivity index (χ1) is 18.5. The fourth-order valence-corrected chi connectivity index (χ4v) is 4.87. The monoisotopic (exact) mass is 506 g/mol. The predicted molar refractivity (Wildman–Crippen MR) is 151 cm³/mol. The van der Waals surface area contributed by atoms with E-state index in [2.05, 4.69) is 60.7 Å². The fraction of sp³-hybridized carbons (Fsp3) is 0.235. The maximum absolute atomic E-state index is 11.8. The number of carbonyl (C=O) groups excluding carboxylic acids is 2. The molecule has 0 fully saturated rings. The van der Waals surface area contributed by atoms with Crippen molar-refractivity contribution < 1.29 is 19.1 Å². The third-order valence-electron chi connectivity index (χ3n) is 6.63. The van der Waals surface area contributed by atoms with Crippen molar-refractivity contribution in [3.8, 4) is 11.5 Å². The van der Waals surface area contributed by atoms with Crippen molar-refractivity contribution in [2.75, 3.05) is 0 Å². The van der Waals surface area contributed by atoms with E-state index < -0.39 is 0 Å². The van der Waals surface area contributed by atoms with Crippen molar-refractivity contribution in [3.05, 3.63) is 131 Å². The van der Waals surface area contributed by atoms with E-state index in [9.17, 15) is 9.59 Å². The highest BCUT2D eigenvalue weighted by Crippen LogP contribution is 2.34. The van der Waals surface area contributed by atoms with Crippen LogP contribution < -0.4 is 9.47 Å². The molecule has 194 valence electrons. The average molecular weight is 507 g/mol. The van der Waals surface area contributed by atoms with E-state index in [4.69, 9.17) is 9.47 Å². The number of esters is 2. The lowest BCUT2D eigenvalue weighted by Crippen LogP contribution is -2.08. The predicted octanol–water partition coefficient (Wildman–Crippen LogP) is 7.48. The molecular weight excluding hydrogens is 472 g/mol. The minimum atomic E-state index is -0.321. The Balaban J connectivity index is 1.61. The molecule has 0 amide bonds. The van der Waals surface area contributed by atoms with Crippen molar-refractivity contribution in [3.63, 3.8) is 0 Å². The first kappa shape index (κ1) is 26.9. The summed E-state index contributed by atoms with van der Waals surface area (Å²) in [7, 11) is 0. The third kappa shape index (κ3) is 7.66. The number of ether oxygens (including phenoxy) is 2. The van der Waals surface area contributed by atoms with Crippen LogP contribution in [0.4, 0.5) is 0 Å². The molecule has 0 aromatic heterocycles. The van der Waals surface area contributed by atoms with Crippen molar-refractivity contribution in [1.29, 1.82) is 0 Å². The van der Waals surface area contributed by atoms with Crippen LogP contribution in [0.15, 0.2) is 103 Å². The van der Waals surface area contributed by atoms with Gasteiger partial charge in [0.15, 0.2) is 0 Å². The molecule has 38 heavy (non-hydrogen) atoms. The van der Waals surface area contributed by atoms with Crippen LogP contribution in [0.5, 0.6) is 11.5 Å². The first-order valence-electron chi connectivity index (χ1n) is 13.2. The average Bonchev–Trinajstić information content (AvgIpc) is 2.91. The van der Waals surface area contributed by atoms with Crippen molar-refractivity contribution in [2.45, 2.75) is 51.9 Å². The highest BCUT2D eigenvalue weighted by atomic mass is 16.5. The molecule has 4 nitrogen and oxygen atoms in total. The second-order valence-electron chi connectivity index (χ2n) is 9.50. The smallest absolute Gasteiger partial charge is 0.308 e. The number of hydrogen-bond donors (Lipinski definition) is 0. The number of benzene rings is 4. The van der Waals surface area contributed by atoms with Crippen LogP contribution in [0.25, 0.3) is 0 Å². The van der Waals surface area contributed by atoms with Crippen LogP contribution in [0.3, 0.4) is 0 Å². The van der Waals surface area contributed by atoms with Gasteiger partial charge in [-0.25, -0.2) is 0 Å². The summed E-state index contributed by atoms with van der Waals surface area (Å²) in [5.41, 5.74) is 5.73. The molecule has 0 aliphatic heterocycles. The third-order valence-corrected chi connectivity index (χ3v) is 6.63. The molecular formula is C34H34O4. The summed E-state index contributed by atoms with van der Waals surface area (Å²) < 4.78 is 11.0. The Labute approximate surface area is 225 Å². The molecule has 1 unspecified atom stereocenters. The van der Waals surface area contributed by atoms with Gasteiger partial charge in [0, 0.05) is 19.8 Å². The molecule has 4 rings (SSSR count). The Bertz CT molecular complexity index is 1350. The lowest BCUT2D eigenvalue weighted by Gasteiger charge is -2.21. The van der Waals surface area contributed by atoms with Crippen LogP contribution >= 0.6 is 0 Å². The van der Waals surface area contributed by atoms with Gasteiger partial charge in [-0.2, -0.15) is 0 Å². The van der Waals surface area contributed by atoms with E-state index in [1.807, 2.05) is 42.5 Å². The van der Waals surface area contributed by atoms with E-state index in [1.54, 1.807) is 0 Å². The van der Waals surface area contributed by atoms with Gasteiger partial charge in [0.05, 0.1) is 0 Å². The quantitative estimate of drug-likeness (QED) is 0.156. The number of para-hydroxylation sites is 1. The lowest BCUT2D eigenvalue weighted by atomic mass is 9.85. The molecule has 0 spiro atoms. The second kappa shape index (κ2) is 13.4. The molecule has 0 heterocycles. The van der Waals surface area contributed by atoms with E-state index in [0.29, 0.717) is 11.5 Å². The van der Waals surface area contributed by atoms with Gasteiger partial charge in [-0.05, 0) is 72.1 Å². The molecule has 0 saturated heterocycles. The summed E-state index contributed by atoms with van der Waals surface area (Å²) in [6.07, 6.45) is 4.30. The summed E-state index contributed by atoms with van der Waals surface area (Å²) in [4.78, 5) is 23.4. The molecule has 0 bridgehead atoms. The van der Waals surface area contributed by atoms with E-state index in [1.165, 1.54) is 30.5 Å². The molecule has 0 aliphatic rings. The maximum Gasteiger partial charge on any atom is 0.308 e. The Morgan fingerprint density at radius 3 is 1.89 bits per heavy atom. The molecule has 0 N–H and O–H groups in total. The van der Waals surface area contributed by atoms with Gasteiger partial charge in [-0.1, -0.05) is 91.0 Å². The summed E-state index contributed by atoms with van der Waals surface area (Å²) in [5, 5.41) is 0.